The van der Waals surface area contributed by atoms with Gasteiger partial charge < -0.3 is 15.1 Å². The van der Waals surface area contributed by atoms with E-state index in [1.165, 1.54) is 77.4 Å². The summed E-state index contributed by atoms with van der Waals surface area (Å²) >= 11 is 0. The molecule has 0 radical (unpaired) electrons. The van der Waals surface area contributed by atoms with Crippen LogP contribution in [0.25, 0.3) is 0 Å². The highest BCUT2D eigenvalue weighted by Crippen LogP contribution is 2.16. The van der Waals surface area contributed by atoms with Crippen molar-refractivity contribution in [3.05, 3.63) is 0 Å². The van der Waals surface area contributed by atoms with Gasteiger partial charge in [0, 0.05) is 31.7 Å². The first kappa shape index (κ1) is 18.9. The smallest absolute Gasteiger partial charge is 0.0235 e. The van der Waals surface area contributed by atoms with Crippen molar-refractivity contribution in [3.8, 4) is 0 Å². The Balaban J connectivity index is 2.13. The standard InChI is InChI=1S/C18H39N3/c1-5-6-7-8-9-10-11-12-17(19-2)15-18-16-20(3)13-14-21(18)4/h17-19H,5-16H2,1-4H3. The van der Waals surface area contributed by atoms with Gasteiger partial charge in [-0.2, -0.15) is 0 Å². The summed E-state index contributed by atoms with van der Waals surface area (Å²) in [5.74, 6) is 0. The molecule has 0 aromatic rings. The minimum atomic E-state index is 0.694. The molecular formula is C18H39N3. The second kappa shape index (κ2) is 11.4. The third-order valence-corrected chi connectivity index (χ3v) is 5.10. The van der Waals surface area contributed by atoms with Crippen LogP contribution >= 0.6 is 0 Å². The van der Waals surface area contributed by atoms with Crippen LogP contribution in [0.2, 0.25) is 0 Å². The molecule has 3 heteroatoms. The number of unbranched alkanes of at least 4 members (excludes halogenated alkanes) is 6. The molecule has 0 amide bonds. The molecule has 126 valence electrons. The molecule has 1 N–H and O–H groups in total. The highest BCUT2D eigenvalue weighted by atomic mass is 15.3. The van der Waals surface area contributed by atoms with Crippen molar-refractivity contribution in [2.45, 2.75) is 76.8 Å². The van der Waals surface area contributed by atoms with Crippen LogP contribution in [0.4, 0.5) is 0 Å². The van der Waals surface area contributed by atoms with Gasteiger partial charge in [-0.05, 0) is 34.0 Å². The summed E-state index contributed by atoms with van der Waals surface area (Å²) < 4.78 is 0. The van der Waals surface area contributed by atoms with Gasteiger partial charge in [-0.1, -0.05) is 51.9 Å². The first-order chi connectivity index (χ1) is 10.2. The largest absolute Gasteiger partial charge is 0.317 e. The van der Waals surface area contributed by atoms with E-state index in [0.29, 0.717) is 6.04 Å². The van der Waals surface area contributed by atoms with Crippen molar-refractivity contribution in [2.75, 3.05) is 40.8 Å². The molecule has 0 aromatic carbocycles. The fourth-order valence-corrected chi connectivity index (χ4v) is 3.41. The van der Waals surface area contributed by atoms with E-state index in [1.54, 1.807) is 0 Å². The molecule has 1 aliphatic rings. The van der Waals surface area contributed by atoms with E-state index in [1.807, 2.05) is 0 Å². The second-order valence-electron chi connectivity index (χ2n) is 7.03. The lowest BCUT2D eigenvalue weighted by Gasteiger charge is -2.39. The molecule has 21 heavy (non-hydrogen) atoms. The number of likely N-dealkylation sites (N-methyl/N-ethyl adjacent to an activating group) is 2. The summed E-state index contributed by atoms with van der Waals surface area (Å²) in [5, 5.41) is 3.55. The van der Waals surface area contributed by atoms with Crippen LogP contribution in [-0.2, 0) is 0 Å². The van der Waals surface area contributed by atoms with Crippen molar-refractivity contribution < 1.29 is 0 Å². The molecule has 3 nitrogen and oxygen atoms in total. The molecule has 1 saturated heterocycles. The summed E-state index contributed by atoms with van der Waals surface area (Å²) in [7, 11) is 6.68. The van der Waals surface area contributed by atoms with Crippen LogP contribution in [-0.4, -0.2) is 62.7 Å². The molecule has 2 unspecified atom stereocenters. The molecule has 0 aliphatic carbocycles. The third-order valence-electron chi connectivity index (χ3n) is 5.10. The molecule has 2 atom stereocenters. The first-order valence-corrected chi connectivity index (χ1v) is 9.23. The number of hydrogen-bond acceptors (Lipinski definition) is 3. The average molecular weight is 298 g/mol. The van der Waals surface area contributed by atoms with Gasteiger partial charge in [0.05, 0.1) is 0 Å². The van der Waals surface area contributed by atoms with Gasteiger partial charge in [0.25, 0.3) is 0 Å². The predicted molar refractivity (Wildman–Crippen MR) is 94.0 cm³/mol. The maximum atomic E-state index is 3.55. The molecule has 1 heterocycles. The van der Waals surface area contributed by atoms with Crippen LogP contribution in [0.3, 0.4) is 0 Å². The minimum Gasteiger partial charge on any atom is -0.317 e. The van der Waals surface area contributed by atoms with E-state index in [0.717, 1.165) is 6.04 Å². The number of rotatable bonds is 11. The van der Waals surface area contributed by atoms with Crippen LogP contribution in [0.5, 0.6) is 0 Å². The van der Waals surface area contributed by atoms with E-state index in [4.69, 9.17) is 0 Å². The van der Waals surface area contributed by atoms with Crippen molar-refractivity contribution in [1.29, 1.82) is 0 Å². The van der Waals surface area contributed by atoms with E-state index < -0.39 is 0 Å². The summed E-state index contributed by atoms with van der Waals surface area (Å²) in [6.45, 7) is 5.95. The Kier molecular flexibility index (Phi) is 10.3. The Labute approximate surface area is 133 Å². The summed E-state index contributed by atoms with van der Waals surface area (Å²) in [6.07, 6.45) is 12.5. The summed E-state index contributed by atoms with van der Waals surface area (Å²) in [4.78, 5) is 5.03. The van der Waals surface area contributed by atoms with Crippen LogP contribution in [0.1, 0.15) is 64.7 Å². The Morgan fingerprint density at radius 3 is 2.33 bits per heavy atom. The number of piperazine rings is 1. The highest BCUT2D eigenvalue weighted by Gasteiger charge is 2.24. The van der Waals surface area contributed by atoms with Gasteiger partial charge >= 0.3 is 0 Å². The zero-order valence-electron chi connectivity index (χ0n) is 15.0. The zero-order chi connectivity index (χ0) is 15.5. The minimum absolute atomic E-state index is 0.694. The van der Waals surface area contributed by atoms with Gasteiger partial charge in [0.2, 0.25) is 0 Å². The predicted octanol–water partition coefficient (Wildman–Crippen LogP) is 3.35. The van der Waals surface area contributed by atoms with Gasteiger partial charge in [0.1, 0.15) is 0 Å². The molecule has 0 aromatic heterocycles. The first-order valence-electron chi connectivity index (χ1n) is 9.23. The summed E-state index contributed by atoms with van der Waals surface area (Å²) in [5.41, 5.74) is 0. The van der Waals surface area contributed by atoms with Gasteiger partial charge in [-0.3, -0.25) is 0 Å². The lowest BCUT2D eigenvalue weighted by atomic mass is 9.98. The lowest BCUT2D eigenvalue weighted by Crippen LogP contribution is -2.52. The van der Waals surface area contributed by atoms with E-state index in [-0.39, 0.29) is 0 Å². The van der Waals surface area contributed by atoms with Crippen LogP contribution in [0.15, 0.2) is 0 Å². The van der Waals surface area contributed by atoms with Crippen molar-refractivity contribution >= 4 is 0 Å². The second-order valence-corrected chi connectivity index (χ2v) is 7.03. The SMILES string of the molecule is CCCCCCCCCC(CC1CN(C)CCN1C)NC. The average Bonchev–Trinajstić information content (AvgIpc) is 2.48. The number of nitrogens with zero attached hydrogens (tertiary/aromatic N) is 2. The van der Waals surface area contributed by atoms with Crippen molar-refractivity contribution in [1.82, 2.24) is 15.1 Å². The molecule has 1 rings (SSSR count). The Morgan fingerprint density at radius 1 is 1.00 bits per heavy atom. The molecule has 0 bridgehead atoms. The number of hydrogen-bond donors (Lipinski definition) is 1. The Hall–Kier alpha value is -0.120. The molecule has 1 fully saturated rings. The van der Waals surface area contributed by atoms with Crippen molar-refractivity contribution in [2.24, 2.45) is 0 Å². The maximum Gasteiger partial charge on any atom is 0.0235 e. The Morgan fingerprint density at radius 2 is 1.67 bits per heavy atom. The molecule has 0 saturated carbocycles. The normalized spacial score (nSPS) is 22.6. The quantitative estimate of drug-likeness (QED) is 0.590. The van der Waals surface area contributed by atoms with E-state index in [9.17, 15) is 0 Å². The molecular weight excluding hydrogens is 258 g/mol. The number of nitrogens with one attached hydrogen (secondary N) is 1. The monoisotopic (exact) mass is 297 g/mol. The highest BCUT2D eigenvalue weighted by molar-refractivity contribution is 4.82. The van der Waals surface area contributed by atoms with Gasteiger partial charge in [0.15, 0.2) is 0 Å². The van der Waals surface area contributed by atoms with Gasteiger partial charge in [-0.25, -0.2) is 0 Å². The molecule has 1 aliphatic heterocycles. The maximum absolute atomic E-state index is 3.55. The van der Waals surface area contributed by atoms with Crippen LogP contribution in [0, 0.1) is 0 Å². The topological polar surface area (TPSA) is 18.5 Å². The van der Waals surface area contributed by atoms with Crippen molar-refractivity contribution in [3.63, 3.8) is 0 Å². The fraction of sp³-hybridized carbons (Fsp3) is 1.00. The fourth-order valence-electron chi connectivity index (χ4n) is 3.41. The van der Waals surface area contributed by atoms with Crippen LogP contribution < -0.4 is 5.32 Å². The lowest BCUT2D eigenvalue weighted by molar-refractivity contribution is 0.101. The zero-order valence-corrected chi connectivity index (χ0v) is 15.0. The molecule has 0 spiro atoms. The Bertz CT molecular complexity index is 245. The third kappa shape index (κ3) is 8.18. The van der Waals surface area contributed by atoms with Gasteiger partial charge in [-0.15, -0.1) is 0 Å². The summed E-state index contributed by atoms with van der Waals surface area (Å²) in [6, 6.07) is 1.42. The van der Waals surface area contributed by atoms with E-state index in [2.05, 4.69) is 43.2 Å². The van der Waals surface area contributed by atoms with E-state index >= 15 is 0 Å².